The number of aromatic nitrogens is 2. The number of carbonyl (C=O) groups excluding carboxylic acids is 1. The number of amidine groups is 1. The highest BCUT2D eigenvalue weighted by Crippen LogP contribution is 2.33. The smallest absolute Gasteiger partial charge is 0.289 e. The van der Waals surface area contributed by atoms with Gasteiger partial charge >= 0.3 is 0 Å². The molecule has 1 saturated heterocycles. The van der Waals surface area contributed by atoms with Crippen molar-refractivity contribution in [1.29, 1.82) is 0 Å². The fourth-order valence-electron chi connectivity index (χ4n) is 3.60. The minimum atomic E-state index is -0.176. The Kier molecular flexibility index (Phi) is 6.70. The Bertz CT molecular complexity index is 1410. The first-order valence-electron chi connectivity index (χ1n) is 11.0. The van der Waals surface area contributed by atoms with Crippen LogP contribution < -0.4 is 10.1 Å². The fraction of sp³-hybridized carbons (Fsp3) is 0.0741. The molecule has 5 rings (SSSR count). The third-order valence-electron chi connectivity index (χ3n) is 5.21. The van der Waals surface area contributed by atoms with Gasteiger partial charge in [-0.1, -0.05) is 41.9 Å². The van der Waals surface area contributed by atoms with E-state index in [0.29, 0.717) is 22.4 Å². The molecule has 4 aromatic rings. The summed E-state index contributed by atoms with van der Waals surface area (Å²) in [6, 6.07) is 24.9. The zero-order chi connectivity index (χ0) is 24.2. The van der Waals surface area contributed by atoms with Crippen LogP contribution in [0.5, 0.6) is 5.75 Å². The van der Waals surface area contributed by atoms with Crippen molar-refractivity contribution in [1.82, 2.24) is 15.1 Å². The molecular weight excluding hydrogens is 480 g/mol. The number of carbonyl (C=O) groups is 1. The van der Waals surface area contributed by atoms with Gasteiger partial charge in [0.05, 0.1) is 28.6 Å². The molecule has 1 N–H and O–H groups in total. The van der Waals surface area contributed by atoms with Crippen LogP contribution in [0.4, 0.5) is 10.5 Å². The van der Waals surface area contributed by atoms with Gasteiger partial charge in [-0.05, 0) is 73.3 Å². The number of para-hydroxylation sites is 1. The van der Waals surface area contributed by atoms with Crippen molar-refractivity contribution in [3.05, 3.63) is 101 Å². The van der Waals surface area contributed by atoms with Crippen molar-refractivity contribution in [2.75, 3.05) is 6.61 Å². The number of thioether (sulfide) groups is 1. The van der Waals surface area contributed by atoms with E-state index in [-0.39, 0.29) is 5.24 Å². The van der Waals surface area contributed by atoms with Crippen molar-refractivity contribution in [3.63, 3.8) is 0 Å². The Balaban J connectivity index is 1.56. The number of ether oxygens (including phenoxy) is 1. The molecular formula is C27H21ClN4O2S. The van der Waals surface area contributed by atoms with Crippen LogP contribution in [-0.2, 0) is 0 Å². The number of nitrogens with zero attached hydrogens (tertiary/aromatic N) is 3. The average molecular weight is 501 g/mol. The van der Waals surface area contributed by atoms with Gasteiger partial charge in [-0.2, -0.15) is 5.10 Å². The number of halogens is 1. The summed E-state index contributed by atoms with van der Waals surface area (Å²) >= 11 is 7.21. The molecule has 2 heterocycles. The van der Waals surface area contributed by atoms with Crippen LogP contribution in [0.15, 0.2) is 95.0 Å². The number of aliphatic imine (C=N–C) groups is 1. The second-order valence-corrected chi connectivity index (χ2v) is 9.08. The van der Waals surface area contributed by atoms with Crippen LogP contribution in [-0.4, -0.2) is 27.5 Å². The van der Waals surface area contributed by atoms with E-state index in [0.717, 1.165) is 45.7 Å². The molecule has 0 spiro atoms. The SMILES string of the molecule is CCOc1ccc(N=C2NC(=O)SC2=Cc2cn(-c3ccccc3)nc2-c2ccc(Cl)cc2)cc1. The molecule has 35 heavy (non-hydrogen) atoms. The number of benzene rings is 3. The van der Waals surface area contributed by atoms with Gasteiger partial charge < -0.3 is 10.1 Å². The van der Waals surface area contributed by atoms with Crippen LogP contribution in [0.1, 0.15) is 12.5 Å². The van der Waals surface area contributed by atoms with E-state index in [1.54, 1.807) is 0 Å². The van der Waals surface area contributed by atoms with Gasteiger partial charge in [0.25, 0.3) is 5.24 Å². The molecule has 0 bridgehead atoms. The minimum absolute atomic E-state index is 0.176. The lowest BCUT2D eigenvalue weighted by Crippen LogP contribution is -2.18. The largest absolute Gasteiger partial charge is 0.494 e. The Morgan fingerprint density at radius 2 is 1.80 bits per heavy atom. The molecule has 1 aliphatic heterocycles. The highest BCUT2D eigenvalue weighted by Gasteiger charge is 2.25. The Hall–Kier alpha value is -3.81. The summed E-state index contributed by atoms with van der Waals surface area (Å²) in [5.74, 6) is 1.27. The van der Waals surface area contributed by atoms with E-state index in [1.807, 2.05) is 103 Å². The topological polar surface area (TPSA) is 68.5 Å². The minimum Gasteiger partial charge on any atom is -0.494 e. The zero-order valence-electron chi connectivity index (χ0n) is 18.8. The van der Waals surface area contributed by atoms with E-state index in [2.05, 4.69) is 10.3 Å². The maximum Gasteiger partial charge on any atom is 0.289 e. The predicted octanol–water partition coefficient (Wildman–Crippen LogP) is 7.12. The second-order valence-electron chi connectivity index (χ2n) is 7.63. The lowest BCUT2D eigenvalue weighted by atomic mass is 10.1. The number of rotatable bonds is 6. The second kappa shape index (κ2) is 10.2. The van der Waals surface area contributed by atoms with E-state index in [9.17, 15) is 4.79 Å². The summed E-state index contributed by atoms with van der Waals surface area (Å²) in [5.41, 5.74) is 4.20. The lowest BCUT2D eigenvalue weighted by Gasteiger charge is -2.04. The van der Waals surface area contributed by atoms with Gasteiger partial charge in [0.15, 0.2) is 0 Å². The normalized spacial score (nSPS) is 15.5. The molecule has 8 heteroatoms. The fourth-order valence-corrected chi connectivity index (χ4v) is 4.46. The molecule has 0 atom stereocenters. The molecule has 1 amide bonds. The number of hydrogen-bond donors (Lipinski definition) is 1. The van der Waals surface area contributed by atoms with Crippen LogP contribution in [0.2, 0.25) is 5.02 Å². The Morgan fingerprint density at radius 3 is 2.51 bits per heavy atom. The number of nitrogens with one attached hydrogen (secondary N) is 1. The molecule has 0 aliphatic carbocycles. The van der Waals surface area contributed by atoms with E-state index < -0.39 is 0 Å². The van der Waals surface area contributed by atoms with Gasteiger partial charge in [-0.3, -0.25) is 4.79 Å². The van der Waals surface area contributed by atoms with Crippen LogP contribution >= 0.6 is 23.4 Å². The molecule has 6 nitrogen and oxygen atoms in total. The number of amides is 1. The highest BCUT2D eigenvalue weighted by atomic mass is 35.5. The highest BCUT2D eigenvalue weighted by molar-refractivity contribution is 8.18. The van der Waals surface area contributed by atoms with Crippen LogP contribution in [0.3, 0.4) is 0 Å². The summed E-state index contributed by atoms with van der Waals surface area (Å²) in [7, 11) is 0. The standard InChI is InChI=1S/C27H21ClN4O2S/c1-2-34-23-14-12-21(13-15-23)29-26-24(35-27(33)30-26)16-19-17-32(22-6-4-3-5-7-22)31-25(19)18-8-10-20(28)11-9-18/h3-17H,2H2,1H3,(H,29,30,33). The maximum absolute atomic E-state index is 12.3. The van der Waals surface area contributed by atoms with Gasteiger partial charge in [0.1, 0.15) is 11.6 Å². The molecule has 3 aromatic carbocycles. The molecule has 1 aromatic heterocycles. The van der Waals surface area contributed by atoms with E-state index >= 15 is 0 Å². The first-order chi connectivity index (χ1) is 17.1. The summed E-state index contributed by atoms with van der Waals surface area (Å²) in [6.07, 6.45) is 3.89. The van der Waals surface area contributed by atoms with Gasteiger partial charge in [-0.15, -0.1) is 0 Å². The monoisotopic (exact) mass is 500 g/mol. The first kappa shape index (κ1) is 23.0. The van der Waals surface area contributed by atoms with Crippen molar-refractivity contribution < 1.29 is 9.53 Å². The lowest BCUT2D eigenvalue weighted by molar-refractivity contribution is 0.265. The average Bonchev–Trinajstić information content (AvgIpc) is 3.45. The van der Waals surface area contributed by atoms with E-state index in [4.69, 9.17) is 21.4 Å². The molecule has 0 radical (unpaired) electrons. The van der Waals surface area contributed by atoms with Gasteiger partial charge in [0, 0.05) is 22.3 Å². The molecule has 1 aliphatic rings. The first-order valence-corrected chi connectivity index (χ1v) is 12.2. The summed E-state index contributed by atoms with van der Waals surface area (Å²) in [4.78, 5) is 17.7. The molecule has 0 unspecified atom stereocenters. The third-order valence-corrected chi connectivity index (χ3v) is 6.28. The van der Waals surface area contributed by atoms with Crippen molar-refractivity contribution in [2.45, 2.75) is 6.92 Å². The molecule has 1 fully saturated rings. The van der Waals surface area contributed by atoms with Crippen LogP contribution in [0.25, 0.3) is 23.0 Å². The summed E-state index contributed by atoms with van der Waals surface area (Å²) in [6.45, 7) is 2.54. The van der Waals surface area contributed by atoms with Crippen molar-refractivity contribution in [3.8, 4) is 22.7 Å². The zero-order valence-corrected chi connectivity index (χ0v) is 20.4. The van der Waals surface area contributed by atoms with Crippen LogP contribution in [0, 0.1) is 0 Å². The molecule has 174 valence electrons. The van der Waals surface area contributed by atoms with Crippen molar-refractivity contribution >= 4 is 46.2 Å². The van der Waals surface area contributed by atoms with Gasteiger partial charge in [-0.25, -0.2) is 9.67 Å². The number of hydrogen-bond acceptors (Lipinski definition) is 5. The van der Waals surface area contributed by atoms with Gasteiger partial charge in [0.2, 0.25) is 0 Å². The Labute approximate surface area is 212 Å². The Morgan fingerprint density at radius 1 is 1.06 bits per heavy atom. The summed E-state index contributed by atoms with van der Waals surface area (Å²) in [5, 5.41) is 8.16. The quantitative estimate of drug-likeness (QED) is 0.306. The third kappa shape index (κ3) is 5.31. The predicted molar refractivity (Wildman–Crippen MR) is 143 cm³/mol. The van der Waals surface area contributed by atoms with E-state index in [1.165, 1.54) is 0 Å². The molecule has 0 saturated carbocycles. The maximum atomic E-state index is 12.3. The van der Waals surface area contributed by atoms with Crippen molar-refractivity contribution in [2.24, 2.45) is 4.99 Å². The summed E-state index contributed by atoms with van der Waals surface area (Å²) < 4.78 is 7.33.